The number of para-hydroxylation sites is 1. The lowest BCUT2D eigenvalue weighted by molar-refractivity contribution is -0.140. The molecule has 13 rings (SSSR count). The van der Waals surface area contributed by atoms with E-state index < -0.39 is 0 Å². The van der Waals surface area contributed by atoms with Crippen molar-refractivity contribution in [1.82, 2.24) is 0 Å². The Kier molecular flexibility index (Phi) is 5.11. The molecule has 2 spiro atoms. The van der Waals surface area contributed by atoms with Crippen molar-refractivity contribution < 1.29 is 4.42 Å². The van der Waals surface area contributed by atoms with Gasteiger partial charge in [-0.05, 0) is 143 Å². The Bertz CT molecular complexity index is 2470. The summed E-state index contributed by atoms with van der Waals surface area (Å²) >= 11 is 0. The second kappa shape index (κ2) is 9.33. The van der Waals surface area contributed by atoms with Gasteiger partial charge in [-0.3, -0.25) is 0 Å². The van der Waals surface area contributed by atoms with E-state index in [0.29, 0.717) is 5.41 Å². The standard InChI is InChI=1S/C47H37NO/c1-2-8-30(9-3-1)31-14-16-34(17-15-31)48(36-19-21-45-40(26-36)38-11-5-7-13-44(38)49-45)35-18-20-42-39(25-35)37-10-4-6-12-41(37)47(42)33-23-29-22-32-28-46(47,27-29)43(32)24-33/h1-21,25-26,29,32-33,43H,22-24,27-28H2. The number of rotatable bonds is 4. The van der Waals surface area contributed by atoms with E-state index in [9.17, 15) is 0 Å². The lowest BCUT2D eigenvalue weighted by Gasteiger charge is -2.67. The van der Waals surface area contributed by atoms with Crippen LogP contribution in [-0.2, 0) is 5.41 Å². The van der Waals surface area contributed by atoms with Gasteiger partial charge in [-0.15, -0.1) is 0 Å². The summed E-state index contributed by atoms with van der Waals surface area (Å²) in [4.78, 5) is 2.46. The Morgan fingerprint density at radius 1 is 0.531 bits per heavy atom. The van der Waals surface area contributed by atoms with E-state index in [0.717, 1.165) is 57.0 Å². The molecular formula is C47H37NO. The van der Waals surface area contributed by atoms with Crippen LogP contribution < -0.4 is 4.90 Å². The van der Waals surface area contributed by atoms with Crippen molar-refractivity contribution in [3.05, 3.63) is 151 Å². The normalized spacial score (nSPS) is 28.2. The highest BCUT2D eigenvalue weighted by molar-refractivity contribution is 6.06. The van der Waals surface area contributed by atoms with Crippen molar-refractivity contribution in [2.45, 2.75) is 37.5 Å². The van der Waals surface area contributed by atoms with Gasteiger partial charge in [0.1, 0.15) is 11.2 Å². The molecule has 7 aromatic rings. The van der Waals surface area contributed by atoms with Crippen molar-refractivity contribution in [3.8, 4) is 22.3 Å². The number of hydrogen-bond acceptors (Lipinski definition) is 2. The van der Waals surface area contributed by atoms with Crippen LogP contribution in [0.1, 0.15) is 43.2 Å². The van der Waals surface area contributed by atoms with Crippen LogP contribution in [-0.4, -0.2) is 0 Å². The van der Waals surface area contributed by atoms with E-state index in [1.807, 2.05) is 6.07 Å². The highest BCUT2D eigenvalue weighted by atomic mass is 16.3. The van der Waals surface area contributed by atoms with E-state index in [-0.39, 0.29) is 5.41 Å². The van der Waals surface area contributed by atoms with E-state index in [1.165, 1.54) is 60.0 Å². The minimum atomic E-state index is 0.187. The van der Waals surface area contributed by atoms with Crippen LogP contribution in [0.25, 0.3) is 44.2 Å². The van der Waals surface area contributed by atoms with Gasteiger partial charge in [-0.2, -0.15) is 0 Å². The third kappa shape index (κ3) is 3.28. The number of anilines is 3. The molecular weight excluding hydrogens is 595 g/mol. The fraction of sp³-hybridized carbons (Fsp3) is 0.234. The van der Waals surface area contributed by atoms with Crippen LogP contribution in [0, 0.1) is 29.1 Å². The largest absolute Gasteiger partial charge is 0.456 e. The molecule has 5 fully saturated rings. The van der Waals surface area contributed by atoms with Gasteiger partial charge in [0.25, 0.3) is 0 Å². The molecule has 1 aromatic heterocycles. The number of fused-ring (bicyclic) bond motifs is 6. The van der Waals surface area contributed by atoms with Gasteiger partial charge in [0.15, 0.2) is 0 Å². The lowest BCUT2D eigenvalue weighted by Crippen LogP contribution is -2.62. The number of hydrogen-bond donors (Lipinski definition) is 0. The van der Waals surface area contributed by atoms with Gasteiger partial charge < -0.3 is 9.32 Å². The van der Waals surface area contributed by atoms with Crippen molar-refractivity contribution in [2.24, 2.45) is 29.1 Å². The second-order valence-electron chi connectivity index (χ2n) is 15.8. The number of benzene rings is 6. The molecule has 0 N–H and O–H groups in total. The summed E-state index contributed by atoms with van der Waals surface area (Å²) in [7, 11) is 0. The Morgan fingerprint density at radius 2 is 1.24 bits per heavy atom. The first-order chi connectivity index (χ1) is 24.2. The molecule has 0 amide bonds. The summed E-state index contributed by atoms with van der Waals surface area (Å²) in [5, 5.41) is 2.31. The van der Waals surface area contributed by atoms with Crippen molar-refractivity contribution >= 4 is 39.0 Å². The maximum absolute atomic E-state index is 6.27. The van der Waals surface area contributed by atoms with Gasteiger partial charge in [-0.25, -0.2) is 0 Å². The Hall–Kier alpha value is -5.08. The molecule has 6 unspecified atom stereocenters. The average Bonchev–Trinajstić information content (AvgIpc) is 3.66. The van der Waals surface area contributed by atoms with E-state index in [4.69, 9.17) is 4.42 Å². The predicted molar refractivity (Wildman–Crippen MR) is 200 cm³/mol. The summed E-state index contributed by atoms with van der Waals surface area (Å²) in [6.45, 7) is 0. The van der Waals surface area contributed by atoms with Crippen molar-refractivity contribution in [2.75, 3.05) is 4.90 Å². The Balaban J connectivity index is 1.06. The third-order valence-electron chi connectivity index (χ3n) is 13.9. The van der Waals surface area contributed by atoms with Crippen LogP contribution >= 0.6 is 0 Å². The molecule has 6 atom stereocenters. The lowest BCUT2D eigenvalue weighted by atomic mass is 9.36. The zero-order chi connectivity index (χ0) is 31.9. The quantitative estimate of drug-likeness (QED) is 0.192. The van der Waals surface area contributed by atoms with Crippen LogP contribution in [0.5, 0.6) is 0 Å². The van der Waals surface area contributed by atoms with E-state index in [1.54, 1.807) is 11.1 Å². The molecule has 0 saturated heterocycles. The number of nitrogens with zero attached hydrogens (tertiary/aromatic N) is 1. The smallest absolute Gasteiger partial charge is 0.135 e. The predicted octanol–water partition coefficient (Wildman–Crippen LogP) is 12.4. The minimum Gasteiger partial charge on any atom is -0.456 e. The van der Waals surface area contributed by atoms with Crippen LogP contribution in [0.2, 0.25) is 0 Å². The molecule has 4 bridgehead atoms. The van der Waals surface area contributed by atoms with Gasteiger partial charge in [0.2, 0.25) is 0 Å². The summed E-state index contributed by atoms with van der Waals surface area (Å²) in [5.41, 5.74) is 14.7. The molecule has 236 valence electrons. The molecule has 6 aliphatic carbocycles. The van der Waals surface area contributed by atoms with Crippen LogP contribution in [0.3, 0.4) is 0 Å². The molecule has 6 aromatic carbocycles. The number of furan rings is 1. The molecule has 49 heavy (non-hydrogen) atoms. The first-order valence-corrected chi connectivity index (χ1v) is 18.3. The fourth-order valence-electron chi connectivity index (χ4n) is 12.5. The highest BCUT2D eigenvalue weighted by Crippen LogP contribution is 2.84. The van der Waals surface area contributed by atoms with Crippen LogP contribution in [0.4, 0.5) is 17.1 Å². The Labute approximate surface area is 287 Å². The monoisotopic (exact) mass is 631 g/mol. The molecule has 2 nitrogen and oxygen atoms in total. The molecule has 5 saturated carbocycles. The van der Waals surface area contributed by atoms with Gasteiger partial charge >= 0.3 is 0 Å². The second-order valence-corrected chi connectivity index (χ2v) is 15.8. The average molecular weight is 632 g/mol. The zero-order valence-corrected chi connectivity index (χ0v) is 27.5. The Morgan fingerprint density at radius 3 is 2.16 bits per heavy atom. The summed E-state index contributed by atoms with van der Waals surface area (Å²) in [5.74, 6) is 3.62. The fourth-order valence-corrected chi connectivity index (χ4v) is 12.5. The topological polar surface area (TPSA) is 16.4 Å². The summed E-state index contributed by atoms with van der Waals surface area (Å²) in [6, 6.07) is 51.9. The van der Waals surface area contributed by atoms with E-state index >= 15 is 0 Å². The maximum atomic E-state index is 6.27. The highest BCUT2D eigenvalue weighted by Gasteiger charge is 2.78. The summed E-state index contributed by atoms with van der Waals surface area (Å²) < 4.78 is 6.27. The van der Waals surface area contributed by atoms with Crippen molar-refractivity contribution in [1.29, 1.82) is 0 Å². The first-order valence-electron chi connectivity index (χ1n) is 18.3. The SMILES string of the molecule is c1ccc(-c2ccc(N(c3ccc4c(c3)-c3ccccc3C43C4CC5CC6CC3(C5)C6C4)c3ccc4oc5ccccc5c4c3)cc2)cc1. The molecule has 1 heterocycles. The zero-order valence-electron chi connectivity index (χ0n) is 27.5. The van der Waals surface area contributed by atoms with Crippen LogP contribution in [0.15, 0.2) is 144 Å². The maximum Gasteiger partial charge on any atom is 0.135 e. The summed E-state index contributed by atoms with van der Waals surface area (Å²) in [6.07, 6.45) is 7.25. The molecule has 6 aliphatic rings. The van der Waals surface area contributed by atoms with Gasteiger partial charge in [0, 0.05) is 33.2 Å². The molecule has 2 heteroatoms. The minimum absolute atomic E-state index is 0.187. The molecule has 0 aliphatic heterocycles. The van der Waals surface area contributed by atoms with E-state index in [2.05, 4.69) is 138 Å². The third-order valence-corrected chi connectivity index (χ3v) is 13.9. The first kappa shape index (κ1) is 26.8. The van der Waals surface area contributed by atoms with Crippen molar-refractivity contribution in [3.63, 3.8) is 0 Å². The van der Waals surface area contributed by atoms with Gasteiger partial charge in [0.05, 0.1) is 0 Å². The molecule has 0 radical (unpaired) electrons. The van der Waals surface area contributed by atoms with Gasteiger partial charge in [-0.1, -0.05) is 91.0 Å².